The molecule has 1 saturated heterocycles. The van der Waals surface area contributed by atoms with Gasteiger partial charge in [-0.15, -0.1) is 0 Å². The lowest BCUT2D eigenvalue weighted by atomic mass is 9.97. The number of carbonyl (C=O) groups is 1. The highest BCUT2D eigenvalue weighted by Crippen LogP contribution is 2.37. The Bertz CT molecular complexity index is 1060. The number of piperidine rings is 1. The second kappa shape index (κ2) is 8.62. The number of rotatable bonds is 2. The fraction of sp³-hybridized carbons (Fsp3) is 0.350. The minimum absolute atomic E-state index is 0.190. The lowest BCUT2D eigenvalue weighted by molar-refractivity contribution is -0.137. The van der Waals surface area contributed by atoms with Gasteiger partial charge in [0.15, 0.2) is 0 Å². The van der Waals surface area contributed by atoms with Gasteiger partial charge in [0.25, 0.3) is 5.91 Å². The Hall–Kier alpha value is -3.01. The van der Waals surface area contributed by atoms with E-state index in [1.54, 1.807) is 6.92 Å². The number of hydrazone groups is 1. The number of nitrogens with two attached hydrogens (primary N) is 1. The molecule has 2 heterocycles. The first-order valence-electron chi connectivity index (χ1n) is 9.37. The number of alkyl halides is 3. The Morgan fingerprint density at radius 1 is 1.26 bits per heavy atom. The van der Waals surface area contributed by atoms with Crippen molar-refractivity contribution in [3.05, 3.63) is 51.8 Å². The van der Waals surface area contributed by atoms with Gasteiger partial charge < -0.3 is 10.7 Å². The number of amides is 1. The molecule has 1 fully saturated rings. The Kier molecular flexibility index (Phi) is 6.30. The molecule has 7 nitrogen and oxygen atoms in total. The zero-order chi connectivity index (χ0) is 22.9. The van der Waals surface area contributed by atoms with Crippen LogP contribution in [-0.2, 0) is 6.18 Å². The maximum atomic E-state index is 13.2. The van der Waals surface area contributed by atoms with Crippen LogP contribution in [0.1, 0.15) is 40.7 Å². The summed E-state index contributed by atoms with van der Waals surface area (Å²) in [5.74, 6) is 5.17. The summed E-state index contributed by atoms with van der Waals surface area (Å²) in [5.41, 5.74) is 1.03. The largest absolute Gasteiger partial charge is 0.417 e. The maximum Gasteiger partial charge on any atom is 0.417 e. The van der Waals surface area contributed by atoms with Gasteiger partial charge in [-0.05, 0) is 39.0 Å². The third-order valence-electron chi connectivity index (χ3n) is 4.89. The number of hydrogen-bond donors (Lipinski definition) is 1. The van der Waals surface area contributed by atoms with Crippen molar-refractivity contribution in [3.8, 4) is 0 Å². The molecule has 0 saturated carbocycles. The summed E-state index contributed by atoms with van der Waals surface area (Å²) in [6.45, 7) is 5.50. The molecule has 0 bridgehead atoms. The van der Waals surface area contributed by atoms with Crippen LogP contribution in [-0.4, -0.2) is 44.8 Å². The van der Waals surface area contributed by atoms with Crippen LogP contribution in [0.25, 0.3) is 0 Å². The van der Waals surface area contributed by atoms with Crippen molar-refractivity contribution in [1.29, 1.82) is 0 Å². The van der Waals surface area contributed by atoms with Crippen molar-refractivity contribution in [2.24, 2.45) is 15.9 Å². The Labute approximate surface area is 181 Å². The summed E-state index contributed by atoms with van der Waals surface area (Å²) in [4.78, 5) is 27.4. The molecule has 1 aromatic carbocycles. The summed E-state index contributed by atoms with van der Waals surface area (Å²) in [5, 5.41) is 3.14. The van der Waals surface area contributed by atoms with Gasteiger partial charge in [0.1, 0.15) is 5.71 Å². The Morgan fingerprint density at radius 2 is 1.90 bits per heavy atom. The fourth-order valence-electron chi connectivity index (χ4n) is 3.46. The van der Waals surface area contributed by atoms with Crippen LogP contribution >= 0.6 is 11.6 Å². The Balaban J connectivity index is 1.92. The normalized spacial score (nSPS) is 19.8. The van der Waals surface area contributed by atoms with Crippen LogP contribution in [0.4, 0.5) is 19.1 Å². The summed E-state index contributed by atoms with van der Waals surface area (Å²) < 4.78 is 39.5. The van der Waals surface area contributed by atoms with E-state index < -0.39 is 28.7 Å². The van der Waals surface area contributed by atoms with E-state index in [4.69, 9.17) is 17.4 Å². The summed E-state index contributed by atoms with van der Waals surface area (Å²) >= 11 is 5.93. The van der Waals surface area contributed by atoms with Gasteiger partial charge >= 0.3 is 6.18 Å². The fourth-order valence-corrected chi connectivity index (χ4v) is 3.77. The van der Waals surface area contributed by atoms with Crippen LogP contribution in [0.5, 0.6) is 0 Å². The van der Waals surface area contributed by atoms with E-state index in [-0.39, 0.29) is 24.5 Å². The topological polar surface area (TPSA) is 96.8 Å². The Morgan fingerprint density at radius 3 is 2.48 bits per heavy atom. The molecule has 11 heteroatoms. The first-order chi connectivity index (χ1) is 14.5. The smallest absolute Gasteiger partial charge is 0.330 e. The van der Waals surface area contributed by atoms with E-state index in [0.717, 1.165) is 23.5 Å². The minimum Gasteiger partial charge on any atom is -0.330 e. The number of benzene rings is 1. The van der Waals surface area contributed by atoms with Crippen LogP contribution < -0.4 is 5.84 Å². The second-order valence-corrected chi connectivity index (χ2v) is 7.49. The van der Waals surface area contributed by atoms with Crippen LogP contribution in [0.3, 0.4) is 0 Å². The molecule has 164 valence electrons. The summed E-state index contributed by atoms with van der Waals surface area (Å²) in [6, 6.07) is 4.42. The number of aliphatic imine (C=N–C) groups is 1. The molecule has 0 radical (unpaired) electrons. The number of halogens is 4. The van der Waals surface area contributed by atoms with Crippen LogP contribution in [0, 0.1) is 13.8 Å². The van der Waals surface area contributed by atoms with Gasteiger partial charge in [0.05, 0.1) is 27.9 Å². The predicted molar refractivity (Wildman–Crippen MR) is 112 cm³/mol. The van der Waals surface area contributed by atoms with Gasteiger partial charge in [-0.3, -0.25) is 4.79 Å². The molecule has 2 N–H and O–H groups in total. The minimum atomic E-state index is -4.67. The molecule has 1 aliphatic heterocycles. The molecule has 0 unspecified atom stereocenters. The van der Waals surface area contributed by atoms with E-state index in [1.807, 2.05) is 19.9 Å². The molecule has 3 rings (SSSR count). The molecule has 1 atom stereocenters. The standard InChI is InChI=1S/C20H20ClF3N6O/c1-10-9-11(2)27-19(26-10)28-15-7-8-30(12(3)17(15)29-25)18(31)13-5-4-6-14(16(13)21)20(22,23)24/h4-6,9,12H,7-8,25H2,1-3H3/t12-/m0/s1. The second-order valence-electron chi connectivity index (χ2n) is 7.11. The van der Waals surface area contributed by atoms with Crippen molar-refractivity contribution in [2.75, 3.05) is 6.54 Å². The average Bonchev–Trinajstić information content (AvgIpc) is 2.66. The highest BCUT2D eigenvalue weighted by atomic mass is 35.5. The quantitative estimate of drug-likeness (QED) is 0.548. The predicted octanol–water partition coefficient (Wildman–Crippen LogP) is 4.09. The molecule has 2 aromatic rings. The lowest BCUT2D eigenvalue weighted by Crippen LogP contribution is -2.51. The number of likely N-dealkylation sites (tertiary alicyclic amines) is 1. The molecular formula is C20H20ClF3N6O. The first kappa shape index (κ1) is 22.7. The van der Waals surface area contributed by atoms with E-state index in [9.17, 15) is 18.0 Å². The number of nitrogens with zero attached hydrogens (tertiary/aromatic N) is 5. The molecule has 1 amide bonds. The van der Waals surface area contributed by atoms with E-state index in [1.165, 1.54) is 11.0 Å². The SMILES string of the molecule is Cc1cc(C)nc(N=C2CCN(C(=O)c3cccc(C(F)(F)F)c3Cl)[C@@H](C)C2=NN)n1. The summed E-state index contributed by atoms with van der Waals surface area (Å²) in [7, 11) is 0. The zero-order valence-electron chi connectivity index (χ0n) is 17.0. The number of carbonyl (C=O) groups excluding carboxylic acids is 1. The van der Waals surface area contributed by atoms with Crippen molar-refractivity contribution in [2.45, 2.75) is 39.4 Å². The van der Waals surface area contributed by atoms with Crippen molar-refractivity contribution in [3.63, 3.8) is 0 Å². The maximum absolute atomic E-state index is 13.2. The zero-order valence-corrected chi connectivity index (χ0v) is 17.8. The van der Waals surface area contributed by atoms with Gasteiger partial charge in [-0.2, -0.15) is 18.3 Å². The molecule has 0 aliphatic carbocycles. The number of aromatic nitrogens is 2. The summed E-state index contributed by atoms with van der Waals surface area (Å²) in [6.07, 6.45) is -4.39. The lowest BCUT2D eigenvalue weighted by Gasteiger charge is -2.35. The first-order valence-corrected chi connectivity index (χ1v) is 9.75. The molecule has 1 aliphatic rings. The van der Waals surface area contributed by atoms with Crippen molar-refractivity contribution < 1.29 is 18.0 Å². The van der Waals surface area contributed by atoms with Crippen molar-refractivity contribution >= 4 is 34.9 Å². The molecule has 31 heavy (non-hydrogen) atoms. The van der Waals surface area contributed by atoms with Gasteiger partial charge in [-0.1, -0.05) is 17.7 Å². The van der Waals surface area contributed by atoms with E-state index in [0.29, 0.717) is 11.4 Å². The van der Waals surface area contributed by atoms with E-state index in [2.05, 4.69) is 20.1 Å². The van der Waals surface area contributed by atoms with Gasteiger partial charge in [0.2, 0.25) is 5.95 Å². The van der Waals surface area contributed by atoms with Crippen LogP contribution in [0.2, 0.25) is 5.02 Å². The molecular weight excluding hydrogens is 433 g/mol. The monoisotopic (exact) mass is 452 g/mol. The number of aryl methyl sites for hydroxylation is 2. The van der Waals surface area contributed by atoms with Gasteiger partial charge in [0, 0.05) is 24.4 Å². The molecule has 1 aromatic heterocycles. The highest BCUT2D eigenvalue weighted by Gasteiger charge is 2.37. The number of hydrogen-bond acceptors (Lipinski definition) is 6. The van der Waals surface area contributed by atoms with Crippen LogP contribution in [0.15, 0.2) is 34.4 Å². The van der Waals surface area contributed by atoms with E-state index >= 15 is 0 Å². The third-order valence-corrected chi connectivity index (χ3v) is 5.30. The molecule has 0 spiro atoms. The third kappa shape index (κ3) is 4.68. The average molecular weight is 453 g/mol. The highest BCUT2D eigenvalue weighted by molar-refractivity contribution is 6.45. The van der Waals surface area contributed by atoms with Gasteiger partial charge in [-0.25, -0.2) is 15.0 Å². The van der Waals surface area contributed by atoms with Crippen molar-refractivity contribution in [1.82, 2.24) is 14.9 Å².